The molecule has 4 heterocycles. The highest BCUT2D eigenvalue weighted by molar-refractivity contribution is 6.03. The summed E-state index contributed by atoms with van der Waals surface area (Å²) in [6.45, 7) is 4.57. The zero-order chi connectivity index (χ0) is 22.9. The van der Waals surface area contributed by atoms with E-state index >= 15 is 0 Å². The van der Waals surface area contributed by atoms with Crippen molar-refractivity contribution in [1.29, 1.82) is 0 Å². The van der Waals surface area contributed by atoms with Crippen LogP contribution in [0.4, 0.5) is 21.6 Å². The fourth-order valence-electron chi connectivity index (χ4n) is 5.04. The standard InChI is InChI=1S/C24H29FN6O2/c1-26-23(32)17-5-6-20(18(25)13-17)30-10-8-29(9-11-30)15-16-12-19-22(27-14-16)31-7-3-2-4-21(31)24(33)28-19/h5-6,12-14,21H,2-4,7-11,15H2,1H3,(H,26,32)(H,28,33). The predicted molar refractivity (Wildman–Crippen MR) is 125 cm³/mol. The predicted octanol–water partition coefficient (Wildman–Crippen LogP) is 2.21. The number of carbonyl (C=O) groups is 2. The van der Waals surface area contributed by atoms with Crippen molar-refractivity contribution in [2.24, 2.45) is 0 Å². The van der Waals surface area contributed by atoms with Gasteiger partial charge in [0.05, 0.1) is 11.4 Å². The topological polar surface area (TPSA) is 80.8 Å². The van der Waals surface area contributed by atoms with Crippen molar-refractivity contribution in [3.05, 3.63) is 47.4 Å². The Labute approximate surface area is 192 Å². The first kappa shape index (κ1) is 21.6. The number of amides is 2. The van der Waals surface area contributed by atoms with E-state index in [1.54, 1.807) is 12.1 Å². The van der Waals surface area contributed by atoms with Crippen molar-refractivity contribution < 1.29 is 14.0 Å². The SMILES string of the molecule is CNC(=O)c1ccc(N2CCN(Cc3cnc4c(c3)NC(=O)C3CCCCN43)CC2)c(F)c1. The van der Waals surface area contributed by atoms with Crippen molar-refractivity contribution in [3.63, 3.8) is 0 Å². The van der Waals surface area contributed by atoms with E-state index < -0.39 is 0 Å². The lowest BCUT2D eigenvalue weighted by Crippen LogP contribution is -2.51. The van der Waals surface area contributed by atoms with Crippen LogP contribution in [-0.2, 0) is 11.3 Å². The van der Waals surface area contributed by atoms with Crippen LogP contribution in [0.3, 0.4) is 0 Å². The summed E-state index contributed by atoms with van der Waals surface area (Å²) in [5.74, 6) is 0.272. The van der Waals surface area contributed by atoms with Crippen LogP contribution in [0.2, 0.25) is 0 Å². The third kappa shape index (κ3) is 4.25. The van der Waals surface area contributed by atoms with E-state index in [0.29, 0.717) is 24.3 Å². The van der Waals surface area contributed by atoms with Crippen LogP contribution in [0.1, 0.15) is 35.2 Å². The molecule has 2 aromatic rings. The normalized spacial score (nSPS) is 20.7. The highest BCUT2D eigenvalue weighted by Gasteiger charge is 2.35. The number of hydrogen-bond acceptors (Lipinski definition) is 6. The zero-order valence-electron chi connectivity index (χ0n) is 18.8. The number of piperazine rings is 1. The van der Waals surface area contributed by atoms with Crippen molar-refractivity contribution in [2.45, 2.75) is 31.8 Å². The third-order valence-corrected chi connectivity index (χ3v) is 6.81. The van der Waals surface area contributed by atoms with Gasteiger partial charge in [-0.2, -0.15) is 0 Å². The maximum atomic E-state index is 14.6. The minimum atomic E-state index is -0.379. The maximum Gasteiger partial charge on any atom is 0.251 e. The van der Waals surface area contributed by atoms with Crippen LogP contribution < -0.4 is 20.4 Å². The first-order chi connectivity index (χ1) is 16.0. The van der Waals surface area contributed by atoms with Crippen molar-refractivity contribution in [2.75, 3.05) is 54.9 Å². The lowest BCUT2D eigenvalue weighted by molar-refractivity contribution is -0.118. The molecule has 2 N–H and O–H groups in total. The number of pyridine rings is 1. The number of rotatable bonds is 4. The van der Waals surface area contributed by atoms with Crippen LogP contribution in [0.25, 0.3) is 0 Å². The fraction of sp³-hybridized carbons (Fsp3) is 0.458. The van der Waals surface area contributed by atoms with Gasteiger partial charge in [0.25, 0.3) is 5.91 Å². The molecule has 0 bridgehead atoms. The quantitative estimate of drug-likeness (QED) is 0.741. The Balaban J connectivity index is 1.22. The molecule has 2 saturated heterocycles. The molecule has 8 nitrogen and oxygen atoms in total. The molecular formula is C24H29FN6O2. The average molecular weight is 453 g/mol. The molecule has 3 aliphatic rings. The van der Waals surface area contributed by atoms with Gasteiger partial charge in [-0.05, 0) is 49.1 Å². The van der Waals surface area contributed by atoms with Gasteiger partial charge in [0.15, 0.2) is 5.82 Å². The first-order valence-electron chi connectivity index (χ1n) is 11.6. The number of piperidine rings is 1. The number of benzene rings is 1. The van der Waals surface area contributed by atoms with Gasteiger partial charge < -0.3 is 20.4 Å². The third-order valence-electron chi connectivity index (χ3n) is 6.81. The van der Waals surface area contributed by atoms with Gasteiger partial charge in [0, 0.05) is 58.1 Å². The first-order valence-corrected chi connectivity index (χ1v) is 11.6. The second-order valence-electron chi connectivity index (χ2n) is 8.92. The molecule has 33 heavy (non-hydrogen) atoms. The summed E-state index contributed by atoms with van der Waals surface area (Å²) in [5, 5.41) is 5.56. The summed E-state index contributed by atoms with van der Waals surface area (Å²) in [6.07, 6.45) is 4.96. The molecule has 1 aromatic carbocycles. The van der Waals surface area contributed by atoms with Gasteiger partial charge in [-0.3, -0.25) is 14.5 Å². The Morgan fingerprint density at radius 2 is 2.00 bits per heavy atom. The van der Waals surface area contributed by atoms with E-state index in [1.165, 1.54) is 13.1 Å². The monoisotopic (exact) mass is 452 g/mol. The summed E-state index contributed by atoms with van der Waals surface area (Å²) in [4.78, 5) is 35.4. The minimum absolute atomic E-state index is 0.0687. The number of fused-ring (bicyclic) bond motifs is 3. The number of nitrogens with one attached hydrogen (secondary N) is 2. The molecule has 5 rings (SSSR count). The van der Waals surface area contributed by atoms with Crippen molar-refractivity contribution in [1.82, 2.24) is 15.2 Å². The number of hydrogen-bond donors (Lipinski definition) is 2. The second kappa shape index (κ2) is 8.97. The lowest BCUT2D eigenvalue weighted by atomic mass is 9.99. The van der Waals surface area contributed by atoms with Crippen LogP contribution in [0, 0.1) is 5.82 Å². The van der Waals surface area contributed by atoms with E-state index in [0.717, 1.165) is 62.5 Å². The van der Waals surface area contributed by atoms with Gasteiger partial charge in [-0.1, -0.05) is 0 Å². The van der Waals surface area contributed by atoms with Crippen LogP contribution in [0.15, 0.2) is 30.5 Å². The molecule has 1 unspecified atom stereocenters. The van der Waals surface area contributed by atoms with Gasteiger partial charge in [0.2, 0.25) is 5.91 Å². The molecule has 174 valence electrons. The Morgan fingerprint density at radius 1 is 1.18 bits per heavy atom. The number of halogens is 1. The van der Waals surface area contributed by atoms with Gasteiger partial charge in [-0.25, -0.2) is 9.37 Å². The largest absolute Gasteiger partial charge is 0.367 e. The Hall–Kier alpha value is -3.20. The maximum absolute atomic E-state index is 14.6. The van der Waals surface area contributed by atoms with Gasteiger partial charge in [0.1, 0.15) is 11.9 Å². The summed E-state index contributed by atoms with van der Waals surface area (Å²) in [5.41, 5.74) is 2.70. The van der Waals surface area contributed by atoms with Crippen LogP contribution in [-0.4, -0.2) is 67.5 Å². The summed E-state index contributed by atoms with van der Waals surface area (Å²) < 4.78 is 14.6. The molecule has 0 radical (unpaired) electrons. The average Bonchev–Trinajstić information content (AvgIpc) is 2.84. The summed E-state index contributed by atoms with van der Waals surface area (Å²) in [7, 11) is 1.53. The van der Waals surface area contributed by atoms with Gasteiger partial charge >= 0.3 is 0 Å². The van der Waals surface area contributed by atoms with E-state index in [2.05, 4.69) is 20.4 Å². The Bertz CT molecular complexity index is 1070. The molecule has 1 atom stereocenters. The molecule has 9 heteroatoms. The number of carbonyl (C=O) groups excluding carboxylic acids is 2. The second-order valence-corrected chi connectivity index (χ2v) is 8.92. The number of aromatic nitrogens is 1. The Kier molecular flexibility index (Phi) is 5.88. The molecule has 0 aliphatic carbocycles. The van der Waals surface area contributed by atoms with Crippen LogP contribution >= 0.6 is 0 Å². The number of nitrogens with zero attached hydrogens (tertiary/aromatic N) is 4. The molecular weight excluding hydrogens is 423 g/mol. The number of anilines is 3. The highest BCUT2D eigenvalue weighted by Crippen LogP contribution is 2.34. The zero-order valence-corrected chi connectivity index (χ0v) is 18.8. The summed E-state index contributed by atoms with van der Waals surface area (Å²) in [6, 6.07) is 6.57. The van der Waals surface area contributed by atoms with Gasteiger partial charge in [-0.15, -0.1) is 0 Å². The molecule has 0 spiro atoms. The smallest absolute Gasteiger partial charge is 0.251 e. The lowest BCUT2D eigenvalue weighted by Gasteiger charge is -2.40. The summed E-state index contributed by atoms with van der Waals surface area (Å²) >= 11 is 0. The molecule has 3 aliphatic heterocycles. The molecule has 0 saturated carbocycles. The van der Waals surface area contributed by atoms with Crippen LogP contribution in [0.5, 0.6) is 0 Å². The molecule has 1 aromatic heterocycles. The minimum Gasteiger partial charge on any atom is -0.367 e. The Morgan fingerprint density at radius 3 is 2.76 bits per heavy atom. The molecule has 2 fully saturated rings. The van der Waals surface area contributed by atoms with E-state index in [9.17, 15) is 14.0 Å². The fourth-order valence-corrected chi connectivity index (χ4v) is 5.04. The van der Waals surface area contributed by atoms with E-state index in [4.69, 9.17) is 4.98 Å². The van der Waals surface area contributed by atoms with Crippen molar-refractivity contribution in [3.8, 4) is 0 Å². The van der Waals surface area contributed by atoms with E-state index in [-0.39, 0.29) is 23.7 Å². The highest BCUT2D eigenvalue weighted by atomic mass is 19.1. The van der Waals surface area contributed by atoms with E-state index in [1.807, 2.05) is 17.2 Å². The van der Waals surface area contributed by atoms with Crippen molar-refractivity contribution >= 4 is 29.0 Å². The molecule has 2 amide bonds.